The summed E-state index contributed by atoms with van der Waals surface area (Å²) in [5.74, 6) is 1.35. The molecule has 1 N–H and O–H groups in total. The van der Waals surface area contributed by atoms with Crippen LogP contribution in [0.5, 0.6) is 0 Å². The number of hydrogen-bond donors (Lipinski definition) is 1. The minimum absolute atomic E-state index is 0. The van der Waals surface area contributed by atoms with Gasteiger partial charge in [0.2, 0.25) is 0 Å². The van der Waals surface area contributed by atoms with Gasteiger partial charge in [-0.1, -0.05) is 13.5 Å². The molecule has 0 saturated carbocycles. The summed E-state index contributed by atoms with van der Waals surface area (Å²) in [6.07, 6.45) is 2.69. The van der Waals surface area contributed by atoms with Gasteiger partial charge in [-0.2, -0.15) is 11.8 Å². The second-order valence-corrected chi connectivity index (χ2v) is 4.83. The Morgan fingerprint density at radius 2 is 2.33 bits per heavy atom. The molecule has 4 heteroatoms. The lowest BCUT2D eigenvalue weighted by Gasteiger charge is -2.01. The molecule has 0 saturated heterocycles. The van der Waals surface area contributed by atoms with E-state index in [1.165, 1.54) is 11.3 Å². The molecule has 1 aromatic heterocycles. The van der Waals surface area contributed by atoms with Crippen LogP contribution in [0.2, 0.25) is 0 Å². The van der Waals surface area contributed by atoms with Gasteiger partial charge < -0.3 is 5.32 Å². The summed E-state index contributed by atoms with van der Waals surface area (Å²) in [6.45, 7) is 1.77. The number of rotatable bonds is 7. The Morgan fingerprint density at radius 1 is 1.53 bits per heavy atom. The molecule has 0 amide bonds. The Balaban J connectivity index is 0.00000196. The predicted octanol–water partition coefficient (Wildman–Crippen LogP) is 2.91. The number of ketones is 1. The number of thioether (sulfide) groups is 1. The molecule has 0 spiro atoms. The maximum atomic E-state index is 11.5. The molecule has 1 aromatic rings. The average Bonchev–Trinajstić information content (AvgIpc) is 2.70. The van der Waals surface area contributed by atoms with E-state index in [0.29, 0.717) is 6.42 Å². The largest absolute Gasteiger partial charge is 0.315 e. The van der Waals surface area contributed by atoms with Gasteiger partial charge in [-0.3, -0.25) is 4.79 Å². The van der Waals surface area contributed by atoms with Crippen LogP contribution in [0, 0.1) is 0 Å². The van der Waals surface area contributed by atoms with Crippen LogP contribution in [-0.4, -0.2) is 30.9 Å². The van der Waals surface area contributed by atoms with Crippen LogP contribution in [0.3, 0.4) is 0 Å². The SMILES string of the molecule is C.CSCCNCCC(=O)c1cccs1. The first kappa shape index (κ1) is 14.7. The summed E-state index contributed by atoms with van der Waals surface area (Å²) in [4.78, 5) is 12.4. The summed E-state index contributed by atoms with van der Waals surface area (Å²) >= 11 is 3.33. The molecule has 15 heavy (non-hydrogen) atoms. The molecule has 0 aromatic carbocycles. The van der Waals surface area contributed by atoms with Gasteiger partial charge in [0, 0.05) is 25.3 Å². The van der Waals surface area contributed by atoms with Crippen LogP contribution in [0.15, 0.2) is 17.5 Å². The van der Waals surface area contributed by atoms with Crippen LogP contribution in [0.4, 0.5) is 0 Å². The van der Waals surface area contributed by atoms with Crippen molar-refractivity contribution in [1.29, 1.82) is 0 Å². The maximum absolute atomic E-state index is 11.5. The van der Waals surface area contributed by atoms with Crippen molar-refractivity contribution in [3.63, 3.8) is 0 Å². The van der Waals surface area contributed by atoms with Crippen molar-refractivity contribution < 1.29 is 4.79 Å². The molecule has 1 heterocycles. The van der Waals surface area contributed by atoms with Gasteiger partial charge in [0.15, 0.2) is 5.78 Å². The normalized spacial score (nSPS) is 9.67. The van der Waals surface area contributed by atoms with Gasteiger partial charge in [-0.25, -0.2) is 0 Å². The molecule has 0 fully saturated rings. The van der Waals surface area contributed by atoms with Gasteiger partial charge >= 0.3 is 0 Å². The lowest BCUT2D eigenvalue weighted by molar-refractivity contribution is 0.0986. The zero-order valence-electron chi connectivity index (χ0n) is 8.29. The summed E-state index contributed by atoms with van der Waals surface area (Å²) < 4.78 is 0. The smallest absolute Gasteiger partial charge is 0.174 e. The number of thiophene rings is 1. The van der Waals surface area contributed by atoms with E-state index in [0.717, 1.165) is 23.7 Å². The standard InChI is InChI=1S/C10H15NOS2.CH4/c1-13-8-6-11-5-4-9(12)10-3-2-7-14-10;/h2-3,7,11H,4-6,8H2,1H3;1H4. The molecular formula is C11H19NOS2. The van der Waals surface area contributed by atoms with Crippen molar-refractivity contribution in [2.45, 2.75) is 13.8 Å². The molecule has 0 aliphatic heterocycles. The van der Waals surface area contributed by atoms with Crippen molar-refractivity contribution in [1.82, 2.24) is 5.32 Å². The second-order valence-electron chi connectivity index (χ2n) is 2.89. The Hall–Kier alpha value is -0.320. The molecule has 0 aliphatic rings. The van der Waals surface area contributed by atoms with Crippen molar-refractivity contribution in [2.75, 3.05) is 25.1 Å². The van der Waals surface area contributed by atoms with Gasteiger partial charge in [0.25, 0.3) is 0 Å². The van der Waals surface area contributed by atoms with E-state index in [4.69, 9.17) is 0 Å². The molecule has 2 nitrogen and oxygen atoms in total. The molecule has 1 rings (SSSR count). The quantitative estimate of drug-likeness (QED) is 0.591. The van der Waals surface area contributed by atoms with E-state index in [1.54, 1.807) is 0 Å². The first-order valence-electron chi connectivity index (χ1n) is 4.61. The Bertz CT molecular complexity index is 260. The first-order valence-corrected chi connectivity index (χ1v) is 6.88. The number of carbonyl (C=O) groups excluding carboxylic acids is 1. The zero-order valence-corrected chi connectivity index (χ0v) is 9.92. The fourth-order valence-electron chi connectivity index (χ4n) is 1.06. The third-order valence-corrected chi connectivity index (χ3v) is 3.33. The Morgan fingerprint density at radius 3 is 2.93 bits per heavy atom. The highest BCUT2D eigenvalue weighted by molar-refractivity contribution is 7.98. The molecular weight excluding hydrogens is 226 g/mol. The van der Waals surface area contributed by atoms with E-state index < -0.39 is 0 Å². The highest BCUT2D eigenvalue weighted by Crippen LogP contribution is 2.10. The summed E-state index contributed by atoms with van der Waals surface area (Å²) in [6, 6.07) is 3.80. The fourth-order valence-corrected chi connectivity index (χ4v) is 2.10. The molecule has 86 valence electrons. The third-order valence-electron chi connectivity index (χ3n) is 1.81. The van der Waals surface area contributed by atoms with E-state index >= 15 is 0 Å². The van der Waals surface area contributed by atoms with Gasteiger partial charge in [0.05, 0.1) is 4.88 Å². The highest BCUT2D eigenvalue weighted by atomic mass is 32.2. The Kier molecular flexibility index (Phi) is 8.76. The van der Waals surface area contributed by atoms with E-state index in [9.17, 15) is 4.79 Å². The van der Waals surface area contributed by atoms with Crippen LogP contribution >= 0.6 is 23.1 Å². The van der Waals surface area contributed by atoms with Crippen LogP contribution in [-0.2, 0) is 0 Å². The number of hydrogen-bond acceptors (Lipinski definition) is 4. The number of carbonyl (C=O) groups is 1. The average molecular weight is 245 g/mol. The second kappa shape index (κ2) is 8.95. The molecule has 0 unspecified atom stereocenters. The first-order chi connectivity index (χ1) is 6.84. The summed E-state index contributed by atoms with van der Waals surface area (Å²) in [7, 11) is 0. The third kappa shape index (κ3) is 5.97. The van der Waals surface area contributed by atoms with Crippen LogP contribution < -0.4 is 5.32 Å². The highest BCUT2D eigenvalue weighted by Gasteiger charge is 2.04. The molecule has 0 atom stereocenters. The van der Waals surface area contributed by atoms with Crippen molar-refractivity contribution in [2.24, 2.45) is 0 Å². The van der Waals surface area contributed by atoms with Crippen molar-refractivity contribution in [3.8, 4) is 0 Å². The van der Waals surface area contributed by atoms with E-state index in [1.807, 2.05) is 29.3 Å². The maximum Gasteiger partial charge on any atom is 0.174 e. The fraction of sp³-hybridized carbons (Fsp3) is 0.545. The van der Waals surface area contributed by atoms with Gasteiger partial charge in [-0.05, 0) is 17.7 Å². The minimum Gasteiger partial charge on any atom is -0.315 e. The van der Waals surface area contributed by atoms with Crippen molar-refractivity contribution >= 4 is 28.9 Å². The predicted molar refractivity (Wildman–Crippen MR) is 71.2 cm³/mol. The van der Waals surface area contributed by atoms with Crippen LogP contribution in [0.25, 0.3) is 0 Å². The van der Waals surface area contributed by atoms with E-state index in [-0.39, 0.29) is 13.2 Å². The summed E-state index contributed by atoms with van der Waals surface area (Å²) in [5, 5.41) is 5.18. The molecule has 0 bridgehead atoms. The number of nitrogens with one attached hydrogen (secondary N) is 1. The number of Topliss-reactive ketones (excluding diaryl/α,β-unsaturated/α-hetero) is 1. The lowest BCUT2D eigenvalue weighted by atomic mass is 10.2. The molecule has 0 radical (unpaired) electrons. The summed E-state index contributed by atoms with van der Waals surface area (Å²) in [5.41, 5.74) is 0. The van der Waals surface area contributed by atoms with Crippen LogP contribution in [0.1, 0.15) is 23.5 Å². The topological polar surface area (TPSA) is 29.1 Å². The van der Waals surface area contributed by atoms with Gasteiger partial charge in [-0.15, -0.1) is 11.3 Å². The zero-order chi connectivity index (χ0) is 10.2. The molecule has 0 aliphatic carbocycles. The van der Waals surface area contributed by atoms with Gasteiger partial charge in [0.1, 0.15) is 0 Å². The Labute approximate surface area is 100 Å². The van der Waals surface area contributed by atoms with E-state index in [2.05, 4.69) is 11.6 Å². The monoisotopic (exact) mass is 245 g/mol. The van der Waals surface area contributed by atoms with Crippen molar-refractivity contribution in [3.05, 3.63) is 22.4 Å². The lowest BCUT2D eigenvalue weighted by Crippen LogP contribution is -2.20. The minimum atomic E-state index is 0.